The van der Waals surface area contributed by atoms with Crippen LogP contribution in [0.1, 0.15) is 39.5 Å². The van der Waals surface area contributed by atoms with Gasteiger partial charge in [0.2, 0.25) is 0 Å². The number of hydrogen-bond donors (Lipinski definition) is 1. The van der Waals surface area contributed by atoms with Crippen molar-refractivity contribution in [2.45, 2.75) is 45.1 Å². The van der Waals surface area contributed by atoms with Crippen molar-refractivity contribution in [1.29, 1.82) is 0 Å². The molecule has 4 heteroatoms. The standard InChI is InChI=1S/C14H28N2O2/c1-5-16(11-12-7-8-12)10-6-9-14(2,15-3)13(17)18-4/h12,15H,5-11H2,1-4H3. The van der Waals surface area contributed by atoms with E-state index in [1.165, 1.54) is 26.5 Å². The van der Waals surface area contributed by atoms with Crippen LogP contribution < -0.4 is 5.32 Å². The van der Waals surface area contributed by atoms with E-state index in [9.17, 15) is 4.79 Å². The summed E-state index contributed by atoms with van der Waals surface area (Å²) in [6.45, 7) is 7.52. The topological polar surface area (TPSA) is 41.6 Å². The summed E-state index contributed by atoms with van der Waals surface area (Å²) in [6.07, 6.45) is 4.63. The van der Waals surface area contributed by atoms with E-state index in [2.05, 4.69) is 17.1 Å². The van der Waals surface area contributed by atoms with Crippen LogP contribution >= 0.6 is 0 Å². The fourth-order valence-corrected chi connectivity index (χ4v) is 2.25. The maximum atomic E-state index is 11.7. The van der Waals surface area contributed by atoms with Gasteiger partial charge in [-0.2, -0.15) is 0 Å². The molecule has 0 aromatic carbocycles. The number of methoxy groups -OCH3 is 1. The molecular formula is C14H28N2O2. The maximum absolute atomic E-state index is 11.7. The molecule has 0 saturated heterocycles. The molecule has 0 aliphatic heterocycles. The second-order valence-corrected chi connectivity index (χ2v) is 5.51. The van der Waals surface area contributed by atoms with Crippen LogP contribution in [0.3, 0.4) is 0 Å². The first-order valence-corrected chi connectivity index (χ1v) is 7.05. The van der Waals surface area contributed by atoms with Gasteiger partial charge in [-0.15, -0.1) is 0 Å². The van der Waals surface area contributed by atoms with E-state index in [0.29, 0.717) is 0 Å². The van der Waals surface area contributed by atoms with E-state index in [4.69, 9.17) is 4.74 Å². The Balaban J connectivity index is 2.30. The molecule has 1 atom stereocenters. The molecule has 0 heterocycles. The lowest BCUT2D eigenvalue weighted by atomic mass is 9.96. The van der Waals surface area contributed by atoms with Gasteiger partial charge in [-0.05, 0) is 58.7 Å². The molecule has 0 aromatic heterocycles. The highest BCUT2D eigenvalue weighted by Crippen LogP contribution is 2.29. The number of likely N-dealkylation sites (N-methyl/N-ethyl adjacent to an activating group) is 1. The molecule has 0 spiro atoms. The third-order valence-corrected chi connectivity index (χ3v) is 4.00. The third kappa shape index (κ3) is 4.58. The molecule has 0 bridgehead atoms. The number of hydrogen-bond acceptors (Lipinski definition) is 4. The van der Waals surface area contributed by atoms with Crippen molar-refractivity contribution in [3.63, 3.8) is 0 Å². The van der Waals surface area contributed by atoms with Crippen LogP contribution in [0.5, 0.6) is 0 Å². The molecule has 0 aromatic rings. The summed E-state index contributed by atoms with van der Waals surface area (Å²) >= 11 is 0. The van der Waals surface area contributed by atoms with Gasteiger partial charge in [0.15, 0.2) is 0 Å². The minimum atomic E-state index is -0.548. The van der Waals surface area contributed by atoms with Crippen LogP contribution in [-0.4, -0.2) is 50.2 Å². The Morgan fingerprint density at radius 1 is 1.50 bits per heavy atom. The van der Waals surface area contributed by atoms with Crippen molar-refractivity contribution in [2.24, 2.45) is 5.92 Å². The number of rotatable bonds is 9. The Morgan fingerprint density at radius 2 is 2.17 bits per heavy atom. The number of carbonyl (C=O) groups is 1. The molecule has 1 N–H and O–H groups in total. The molecule has 1 saturated carbocycles. The van der Waals surface area contributed by atoms with Gasteiger partial charge in [0.05, 0.1) is 7.11 Å². The van der Waals surface area contributed by atoms with Crippen LogP contribution in [0.4, 0.5) is 0 Å². The second kappa shape index (κ2) is 7.10. The zero-order valence-corrected chi connectivity index (χ0v) is 12.3. The van der Waals surface area contributed by atoms with Gasteiger partial charge in [0.1, 0.15) is 5.54 Å². The van der Waals surface area contributed by atoms with Crippen LogP contribution in [0.2, 0.25) is 0 Å². The van der Waals surface area contributed by atoms with Crippen LogP contribution in [-0.2, 0) is 9.53 Å². The summed E-state index contributed by atoms with van der Waals surface area (Å²) in [5.41, 5.74) is -0.548. The van der Waals surface area contributed by atoms with Gasteiger partial charge in [0.25, 0.3) is 0 Å². The van der Waals surface area contributed by atoms with Gasteiger partial charge < -0.3 is 15.0 Å². The van der Waals surface area contributed by atoms with Gasteiger partial charge in [-0.3, -0.25) is 4.79 Å². The maximum Gasteiger partial charge on any atom is 0.325 e. The van der Waals surface area contributed by atoms with Crippen molar-refractivity contribution in [1.82, 2.24) is 10.2 Å². The molecule has 1 rings (SSSR count). The average molecular weight is 256 g/mol. The van der Waals surface area contributed by atoms with Crippen molar-refractivity contribution in [2.75, 3.05) is 33.8 Å². The normalized spacial score (nSPS) is 18.7. The summed E-state index contributed by atoms with van der Waals surface area (Å²) in [6, 6.07) is 0. The van der Waals surface area contributed by atoms with E-state index in [1.807, 2.05) is 14.0 Å². The van der Waals surface area contributed by atoms with Gasteiger partial charge in [-0.1, -0.05) is 6.92 Å². The van der Waals surface area contributed by atoms with Gasteiger partial charge >= 0.3 is 5.97 Å². The Kier molecular flexibility index (Phi) is 6.09. The number of esters is 1. The Hall–Kier alpha value is -0.610. The molecule has 0 radical (unpaired) electrons. The van der Waals surface area contributed by atoms with Gasteiger partial charge in [0, 0.05) is 6.54 Å². The summed E-state index contributed by atoms with van der Waals surface area (Å²) in [4.78, 5) is 14.2. The van der Waals surface area contributed by atoms with Crippen LogP contribution in [0, 0.1) is 5.92 Å². The number of nitrogens with zero attached hydrogens (tertiary/aromatic N) is 1. The molecular weight excluding hydrogens is 228 g/mol. The third-order valence-electron chi connectivity index (χ3n) is 4.00. The monoisotopic (exact) mass is 256 g/mol. The minimum Gasteiger partial charge on any atom is -0.468 e. The fourth-order valence-electron chi connectivity index (χ4n) is 2.25. The first-order valence-electron chi connectivity index (χ1n) is 7.05. The minimum absolute atomic E-state index is 0.171. The number of nitrogens with one attached hydrogen (secondary N) is 1. The summed E-state index contributed by atoms with van der Waals surface area (Å²) < 4.78 is 4.85. The van der Waals surface area contributed by atoms with E-state index in [-0.39, 0.29) is 5.97 Å². The van der Waals surface area contributed by atoms with E-state index < -0.39 is 5.54 Å². The Morgan fingerprint density at radius 3 is 2.61 bits per heavy atom. The molecule has 0 amide bonds. The Bertz CT molecular complexity index is 267. The summed E-state index contributed by atoms with van der Waals surface area (Å²) in [7, 11) is 3.27. The largest absolute Gasteiger partial charge is 0.468 e. The van der Waals surface area contributed by atoms with Crippen LogP contribution in [0.25, 0.3) is 0 Å². The highest BCUT2D eigenvalue weighted by Gasteiger charge is 2.32. The first kappa shape index (κ1) is 15.4. The first-order chi connectivity index (χ1) is 8.55. The molecule has 1 aliphatic rings. The van der Waals surface area contributed by atoms with Crippen LogP contribution in [0.15, 0.2) is 0 Å². The lowest BCUT2D eigenvalue weighted by molar-refractivity contribution is -0.148. The van der Waals surface area contributed by atoms with Crippen molar-refractivity contribution in [3.8, 4) is 0 Å². The van der Waals surface area contributed by atoms with E-state index in [1.54, 1.807) is 0 Å². The lowest BCUT2D eigenvalue weighted by Crippen LogP contribution is -2.48. The highest BCUT2D eigenvalue weighted by molar-refractivity contribution is 5.80. The quantitative estimate of drug-likeness (QED) is 0.637. The summed E-state index contributed by atoms with van der Waals surface area (Å²) in [5, 5.41) is 3.08. The van der Waals surface area contributed by atoms with Crippen molar-refractivity contribution >= 4 is 5.97 Å². The Labute approximate surface area is 111 Å². The molecule has 18 heavy (non-hydrogen) atoms. The molecule has 1 unspecified atom stereocenters. The van der Waals surface area contributed by atoms with E-state index in [0.717, 1.165) is 31.8 Å². The predicted molar refractivity (Wildman–Crippen MR) is 73.6 cm³/mol. The highest BCUT2D eigenvalue weighted by atomic mass is 16.5. The second-order valence-electron chi connectivity index (χ2n) is 5.51. The number of ether oxygens (including phenoxy) is 1. The number of carbonyl (C=O) groups excluding carboxylic acids is 1. The van der Waals surface area contributed by atoms with Crippen molar-refractivity contribution in [3.05, 3.63) is 0 Å². The molecule has 4 nitrogen and oxygen atoms in total. The SMILES string of the molecule is CCN(CCCC(C)(NC)C(=O)OC)CC1CC1. The lowest BCUT2D eigenvalue weighted by Gasteiger charge is -2.27. The van der Waals surface area contributed by atoms with Crippen molar-refractivity contribution < 1.29 is 9.53 Å². The molecule has 1 fully saturated rings. The smallest absolute Gasteiger partial charge is 0.325 e. The molecule has 106 valence electrons. The fraction of sp³-hybridized carbons (Fsp3) is 0.929. The predicted octanol–water partition coefficient (Wildman–Crippen LogP) is 1.65. The van der Waals surface area contributed by atoms with Gasteiger partial charge in [-0.25, -0.2) is 0 Å². The zero-order valence-electron chi connectivity index (χ0n) is 12.3. The summed E-state index contributed by atoms with van der Waals surface area (Å²) in [5.74, 6) is 0.761. The molecule has 1 aliphatic carbocycles. The van der Waals surface area contributed by atoms with E-state index >= 15 is 0 Å². The average Bonchev–Trinajstić information content (AvgIpc) is 3.20. The zero-order chi connectivity index (χ0) is 13.6.